The predicted molar refractivity (Wildman–Crippen MR) is 81.6 cm³/mol. The molecule has 0 saturated carbocycles. The molecule has 0 aliphatic heterocycles. The van der Waals surface area contributed by atoms with Gasteiger partial charge in [-0.25, -0.2) is 0 Å². The van der Waals surface area contributed by atoms with Crippen LogP contribution in [0.2, 0.25) is 0 Å². The summed E-state index contributed by atoms with van der Waals surface area (Å²) in [4.78, 5) is 0. The molecule has 0 radical (unpaired) electrons. The van der Waals surface area contributed by atoms with Crippen molar-refractivity contribution in [1.82, 2.24) is 5.32 Å². The van der Waals surface area contributed by atoms with Crippen molar-refractivity contribution >= 4 is 0 Å². The Kier molecular flexibility index (Phi) is 7.59. The summed E-state index contributed by atoms with van der Waals surface area (Å²) in [5.41, 5.74) is 3.57. The minimum atomic E-state index is 0.131. The Balaban J connectivity index is 2.87. The van der Waals surface area contributed by atoms with Crippen LogP contribution in [0.15, 0.2) is 12.1 Å². The molecule has 1 N–H and O–H groups in total. The molecule has 4 heteroatoms. The van der Waals surface area contributed by atoms with E-state index in [1.807, 2.05) is 0 Å². The van der Waals surface area contributed by atoms with E-state index in [9.17, 15) is 0 Å². The lowest BCUT2D eigenvalue weighted by molar-refractivity contribution is 0.0584. The van der Waals surface area contributed by atoms with Crippen molar-refractivity contribution in [2.75, 3.05) is 40.6 Å². The third kappa shape index (κ3) is 4.47. The van der Waals surface area contributed by atoms with Crippen molar-refractivity contribution < 1.29 is 14.2 Å². The van der Waals surface area contributed by atoms with Crippen molar-refractivity contribution in [2.24, 2.45) is 0 Å². The quantitative estimate of drug-likeness (QED) is 0.706. The van der Waals surface area contributed by atoms with Crippen LogP contribution in [0.3, 0.4) is 0 Å². The first kappa shape index (κ1) is 17.0. The molecule has 0 aliphatic carbocycles. The maximum atomic E-state index is 5.67. The molecule has 0 heterocycles. The van der Waals surface area contributed by atoms with Crippen LogP contribution in [-0.2, 0) is 9.47 Å². The van der Waals surface area contributed by atoms with Gasteiger partial charge in [0.05, 0.1) is 33.0 Å². The van der Waals surface area contributed by atoms with E-state index in [0.29, 0.717) is 19.8 Å². The zero-order valence-corrected chi connectivity index (χ0v) is 13.3. The van der Waals surface area contributed by atoms with E-state index >= 15 is 0 Å². The van der Waals surface area contributed by atoms with Crippen LogP contribution in [0.5, 0.6) is 5.75 Å². The standard InChI is InChI=1S/C16H27NO3/c1-6-17-15(11-20-10-9-18-4)14-8-7-12(2)13(3)16(14)19-5/h7-8,15,17H,6,9-11H2,1-5H3. The van der Waals surface area contributed by atoms with Crippen molar-refractivity contribution in [1.29, 1.82) is 0 Å². The molecule has 20 heavy (non-hydrogen) atoms. The van der Waals surface area contributed by atoms with E-state index in [0.717, 1.165) is 17.9 Å². The highest BCUT2D eigenvalue weighted by Crippen LogP contribution is 2.31. The molecule has 1 atom stereocenters. The molecule has 0 aliphatic rings. The van der Waals surface area contributed by atoms with Gasteiger partial charge in [-0.1, -0.05) is 19.1 Å². The van der Waals surface area contributed by atoms with Gasteiger partial charge in [-0.05, 0) is 31.5 Å². The van der Waals surface area contributed by atoms with Crippen LogP contribution in [0, 0.1) is 13.8 Å². The van der Waals surface area contributed by atoms with Crippen LogP contribution in [0.1, 0.15) is 29.7 Å². The number of nitrogens with one attached hydrogen (secondary N) is 1. The Hall–Kier alpha value is -1.10. The summed E-state index contributed by atoms with van der Waals surface area (Å²) in [6, 6.07) is 4.38. The molecule has 1 rings (SSSR count). The minimum absolute atomic E-state index is 0.131. The number of hydrogen-bond acceptors (Lipinski definition) is 4. The zero-order chi connectivity index (χ0) is 15.0. The molecule has 4 nitrogen and oxygen atoms in total. The van der Waals surface area contributed by atoms with Crippen molar-refractivity contribution in [2.45, 2.75) is 26.8 Å². The largest absolute Gasteiger partial charge is 0.496 e. The number of ether oxygens (including phenoxy) is 3. The molecule has 114 valence electrons. The number of benzene rings is 1. The van der Waals surface area contributed by atoms with Gasteiger partial charge in [0.15, 0.2) is 0 Å². The van der Waals surface area contributed by atoms with Crippen LogP contribution >= 0.6 is 0 Å². The van der Waals surface area contributed by atoms with E-state index in [1.54, 1.807) is 14.2 Å². The van der Waals surface area contributed by atoms with Gasteiger partial charge in [-0.3, -0.25) is 0 Å². The second-order valence-electron chi connectivity index (χ2n) is 4.81. The molecular weight excluding hydrogens is 254 g/mol. The second-order valence-corrected chi connectivity index (χ2v) is 4.81. The van der Waals surface area contributed by atoms with Gasteiger partial charge in [-0.2, -0.15) is 0 Å². The van der Waals surface area contributed by atoms with Crippen LogP contribution in [-0.4, -0.2) is 40.6 Å². The molecule has 1 aromatic carbocycles. The van der Waals surface area contributed by atoms with Gasteiger partial charge in [-0.15, -0.1) is 0 Å². The molecule has 0 amide bonds. The normalized spacial score (nSPS) is 12.4. The second kappa shape index (κ2) is 8.95. The van der Waals surface area contributed by atoms with Crippen LogP contribution in [0.25, 0.3) is 0 Å². The Bertz CT molecular complexity index is 407. The number of methoxy groups -OCH3 is 2. The smallest absolute Gasteiger partial charge is 0.126 e. The van der Waals surface area contributed by atoms with Crippen molar-refractivity contribution in [3.63, 3.8) is 0 Å². The molecule has 0 saturated heterocycles. The van der Waals surface area contributed by atoms with Gasteiger partial charge < -0.3 is 19.5 Å². The first-order chi connectivity index (χ1) is 9.65. The molecule has 0 aromatic heterocycles. The number of hydrogen-bond donors (Lipinski definition) is 1. The summed E-state index contributed by atoms with van der Waals surface area (Å²) in [6.45, 7) is 8.99. The topological polar surface area (TPSA) is 39.7 Å². The highest BCUT2D eigenvalue weighted by atomic mass is 16.5. The van der Waals surface area contributed by atoms with Crippen LogP contribution < -0.4 is 10.1 Å². The molecule has 1 aromatic rings. The zero-order valence-electron chi connectivity index (χ0n) is 13.3. The lowest BCUT2D eigenvalue weighted by atomic mass is 9.99. The van der Waals surface area contributed by atoms with E-state index in [2.05, 4.69) is 38.2 Å². The minimum Gasteiger partial charge on any atom is -0.496 e. The molecule has 1 unspecified atom stereocenters. The van der Waals surface area contributed by atoms with Gasteiger partial charge in [0.25, 0.3) is 0 Å². The average molecular weight is 281 g/mol. The predicted octanol–water partition coefficient (Wildman–Crippen LogP) is 2.63. The van der Waals surface area contributed by atoms with Crippen molar-refractivity contribution in [3.05, 3.63) is 28.8 Å². The third-order valence-corrected chi connectivity index (χ3v) is 3.45. The summed E-state index contributed by atoms with van der Waals surface area (Å²) < 4.78 is 16.3. The van der Waals surface area contributed by atoms with Gasteiger partial charge in [0.1, 0.15) is 5.75 Å². The highest BCUT2D eigenvalue weighted by Gasteiger charge is 2.17. The van der Waals surface area contributed by atoms with Gasteiger partial charge >= 0.3 is 0 Å². The lowest BCUT2D eigenvalue weighted by Gasteiger charge is -2.22. The van der Waals surface area contributed by atoms with Gasteiger partial charge in [0.2, 0.25) is 0 Å². The first-order valence-electron chi connectivity index (χ1n) is 7.09. The Morgan fingerprint density at radius 1 is 1.15 bits per heavy atom. The van der Waals surface area contributed by atoms with E-state index in [-0.39, 0.29) is 6.04 Å². The SMILES string of the molecule is CCNC(COCCOC)c1ccc(C)c(C)c1OC. The van der Waals surface area contributed by atoms with E-state index < -0.39 is 0 Å². The number of aryl methyl sites for hydroxylation is 1. The molecule has 0 spiro atoms. The lowest BCUT2D eigenvalue weighted by Crippen LogP contribution is -2.26. The fraction of sp³-hybridized carbons (Fsp3) is 0.625. The number of likely N-dealkylation sites (N-methyl/N-ethyl adjacent to an activating group) is 1. The Morgan fingerprint density at radius 2 is 1.90 bits per heavy atom. The fourth-order valence-corrected chi connectivity index (χ4v) is 2.20. The van der Waals surface area contributed by atoms with Crippen LogP contribution in [0.4, 0.5) is 0 Å². The summed E-state index contributed by atoms with van der Waals surface area (Å²) in [5, 5.41) is 3.45. The van der Waals surface area contributed by atoms with E-state index in [4.69, 9.17) is 14.2 Å². The summed E-state index contributed by atoms with van der Waals surface area (Å²) in [6.07, 6.45) is 0. The van der Waals surface area contributed by atoms with Crippen molar-refractivity contribution in [3.8, 4) is 5.75 Å². The van der Waals surface area contributed by atoms with Gasteiger partial charge in [0, 0.05) is 12.7 Å². The number of rotatable bonds is 9. The highest BCUT2D eigenvalue weighted by molar-refractivity contribution is 5.46. The molecular formula is C16H27NO3. The maximum absolute atomic E-state index is 5.67. The molecule has 0 fully saturated rings. The summed E-state index contributed by atoms with van der Waals surface area (Å²) in [5.74, 6) is 0.950. The third-order valence-electron chi connectivity index (χ3n) is 3.45. The maximum Gasteiger partial charge on any atom is 0.126 e. The monoisotopic (exact) mass is 281 g/mol. The average Bonchev–Trinajstić information content (AvgIpc) is 2.45. The first-order valence-corrected chi connectivity index (χ1v) is 7.09. The summed E-state index contributed by atoms with van der Waals surface area (Å²) in [7, 11) is 3.40. The summed E-state index contributed by atoms with van der Waals surface area (Å²) >= 11 is 0. The fourth-order valence-electron chi connectivity index (χ4n) is 2.20. The Morgan fingerprint density at radius 3 is 2.50 bits per heavy atom. The van der Waals surface area contributed by atoms with E-state index in [1.165, 1.54) is 11.1 Å². The Labute approximate surface area is 122 Å². The molecule has 0 bridgehead atoms.